The molecule has 2 aromatic carbocycles. The van der Waals surface area contributed by atoms with E-state index in [-0.39, 0.29) is 5.41 Å². The monoisotopic (exact) mass is 584 g/mol. The maximum absolute atomic E-state index is 12.4. The van der Waals surface area contributed by atoms with Crippen LogP contribution in [-0.4, -0.2) is 64.9 Å². The first kappa shape index (κ1) is 27.8. The van der Waals surface area contributed by atoms with Gasteiger partial charge >= 0.3 is 6.03 Å². The predicted molar refractivity (Wildman–Crippen MR) is 164 cm³/mol. The number of urea groups is 1. The van der Waals surface area contributed by atoms with Crippen molar-refractivity contribution in [3.63, 3.8) is 0 Å². The third kappa shape index (κ3) is 6.57. The van der Waals surface area contributed by atoms with Crippen LogP contribution in [0.3, 0.4) is 0 Å². The summed E-state index contributed by atoms with van der Waals surface area (Å²) in [6.07, 6.45) is 1.95. The number of benzene rings is 2. The van der Waals surface area contributed by atoms with Crippen molar-refractivity contribution in [3.8, 4) is 17.6 Å². The first-order valence-corrected chi connectivity index (χ1v) is 14.6. The molecule has 6 rings (SSSR count). The average molecular weight is 585 g/mol. The number of amides is 2. The average Bonchev–Trinajstić information content (AvgIpc) is 3.68. The Labute approximate surface area is 247 Å². The van der Waals surface area contributed by atoms with Crippen molar-refractivity contribution in [3.05, 3.63) is 71.7 Å². The molecule has 0 aliphatic carbocycles. The molecule has 1 fully saturated rings. The fourth-order valence-electron chi connectivity index (χ4n) is 4.49. The van der Waals surface area contributed by atoms with Gasteiger partial charge in [-0.15, -0.1) is 0 Å². The van der Waals surface area contributed by atoms with Crippen molar-refractivity contribution < 1.29 is 18.8 Å². The lowest BCUT2D eigenvalue weighted by Gasteiger charge is -2.26. The van der Waals surface area contributed by atoms with Gasteiger partial charge in [-0.25, -0.2) is 9.78 Å². The number of hydrogen-bond donors (Lipinski definition) is 2. The van der Waals surface area contributed by atoms with E-state index in [1.165, 1.54) is 0 Å². The molecule has 0 unspecified atom stereocenters. The van der Waals surface area contributed by atoms with Crippen molar-refractivity contribution in [1.29, 1.82) is 0 Å². The highest BCUT2D eigenvalue weighted by atomic mass is 32.1. The summed E-state index contributed by atoms with van der Waals surface area (Å²) >= 11 is 1.61. The van der Waals surface area contributed by atoms with Crippen molar-refractivity contribution in [2.24, 2.45) is 0 Å². The molecule has 1 saturated heterocycles. The van der Waals surface area contributed by atoms with Crippen LogP contribution in [0.15, 0.2) is 59.3 Å². The van der Waals surface area contributed by atoms with Gasteiger partial charge in [0.05, 0.1) is 23.4 Å². The van der Waals surface area contributed by atoms with Crippen LogP contribution in [0.25, 0.3) is 15.2 Å². The molecular weight excluding hydrogens is 552 g/mol. The molecule has 1 aliphatic heterocycles. The second-order valence-corrected chi connectivity index (χ2v) is 12.1. The third-order valence-electron chi connectivity index (χ3n) is 6.81. The van der Waals surface area contributed by atoms with Crippen LogP contribution in [0.5, 0.6) is 5.75 Å². The Balaban J connectivity index is 1.05. The minimum atomic E-state index is -0.403. The van der Waals surface area contributed by atoms with Crippen LogP contribution in [0.1, 0.15) is 37.8 Å². The van der Waals surface area contributed by atoms with E-state index in [0.29, 0.717) is 29.6 Å². The van der Waals surface area contributed by atoms with Gasteiger partial charge < -0.3 is 19.3 Å². The van der Waals surface area contributed by atoms with E-state index >= 15 is 0 Å². The van der Waals surface area contributed by atoms with E-state index < -0.39 is 6.03 Å². The number of nitrogens with zero attached hydrogens (tertiary/aromatic N) is 4. The fraction of sp³-hybridized carbons (Fsp3) is 0.323. The number of carbonyl (C=O) groups is 1. The van der Waals surface area contributed by atoms with Gasteiger partial charge in [-0.05, 0) is 48.4 Å². The normalized spacial score (nSPS) is 14.1. The number of morpholine rings is 1. The summed E-state index contributed by atoms with van der Waals surface area (Å²) in [5, 5.41) is 9.38. The zero-order chi connectivity index (χ0) is 29.1. The van der Waals surface area contributed by atoms with E-state index in [2.05, 4.69) is 49.1 Å². The number of thiazole rings is 1. The largest absolute Gasteiger partial charge is 0.492 e. The topological polar surface area (TPSA) is 106 Å². The number of rotatable bonds is 6. The van der Waals surface area contributed by atoms with E-state index in [4.69, 9.17) is 19.0 Å². The first-order chi connectivity index (χ1) is 20.3. The third-order valence-corrected chi connectivity index (χ3v) is 7.83. The highest BCUT2D eigenvalue weighted by Gasteiger charge is 2.20. The smallest absolute Gasteiger partial charge is 0.324 e. The maximum atomic E-state index is 12.4. The number of ether oxygens (including phenoxy) is 2. The lowest BCUT2D eigenvalue weighted by molar-refractivity contribution is 0.0322. The molecule has 0 radical (unpaired) electrons. The molecule has 0 saturated carbocycles. The van der Waals surface area contributed by atoms with Gasteiger partial charge in [0.25, 0.3) is 0 Å². The zero-order valence-electron chi connectivity index (χ0n) is 23.8. The Bertz CT molecular complexity index is 1760. The summed E-state index contributed by atoms with van der Waals surface area (Å²) in [6.45, 7) is 11.1. The summed E-state index contributed by atoms with van der Waals surface area (Å²) in [7, 11) is 0. The predicted octanol–water partition coefficient (Wildman–Crippen LogP) is 5.59. The lowest BCUT2D eigenvalue weighted by atomic mass is 9.93. The Kier molecular flexibility index (Phi) is 7.84. The van der Waals surface area contributed by atoms with E-state index in [1.54, 1.807) is 29.5 Å². The molecule has 4 heterocycles. The van der Waals surface area contributed by atoms with Crippen molar-refractivity contribution >= 4 is 44.1 Å². The Morgan fingerprint density at radius 2 is 1.88 bits per heavy atom. The molecule has 42 heavy (non-hydrogen) atoms. The molecule has 0 bridgehead atoms. The molecule has 11 heteroatoms. The van der Waals surface area contributed by atoms with Gasteiger partial charge in [-0.2, -0.15) is 0 Å². The maximum Gasteiger partial charge on any atom is 0.324 e. The highest BCUT2D eigenvalue weighted by molar-refractivity contribution is 7.23. The van der Waals surface area contributed by atoms with E-state index in [0.717, 1.165) is 59.3 Å². The standard InChI is InChI=1S/C31H32N6O4S/c1-31(2,3)27-19-28(35-41-27)34-29(38)32-22-7-4-21(5-8-22)6-9-23-20-37-25-11-10-24(18-26(25)42-30(37)33-23)40-17-14-36-12-15-39-16-13-36/h4-5,7-8,10-11,18-20H,12-17H2,1-3H3,(H2,32,34,35,38). The molecule has 216 valence electrons. The van der Waals surface area contributed by atoms with Gasteiger partial charge in [0, 0.05) is 48.6 Å². The molecule has 1 aliphatic rings. The minimum Gasteiger partial charge on any atom is -0.492 e. The van der Waals surface area contributed by atoms with Gasteiger partial charge in [-0.1, -0.05) is 43.2 Å². The van der Waals surface area contributed by atoms with E-state index in [1.807, 2.05) is 45.2 Å². The van der Waals surface area contributed by atoms with Gasteiger partial charge in [0.2, 0.25) is 0 Å². The fourth-order valence-corrected chi connectivity index (χ4v) is 5.52. The molecular formula is C31H32N6O4S. The van der Waals surface area contributed by atoms with E-state index in [9.17, 15) is 4.79 Å². The summed E-state index contributed by atoms with van der Waals surface area (Å²) < 4.78 is 19.9. The molecule has 3 aromatic heterocycles. The zero-order valence-corrected chi connectivity index (χ0v) is 24.6. The Hall–Kier alpha value is -4.37. The lowest BCUT2D eigenvalue weighted by Crippen LogP contribution is -2.38. The number of aromatic nitrogens is 3. The molecule has 2 amide bonds. The SMILES string of the molecule is CC(C)(C)c1cc(NC(=O)Nc2ccc(C#Cc3cn4c(n3)sc3cc(OCCN5CCOCC5)ccc34)cc2)no1. The highest BCUT2D eigenvalue weighted by Crippen LogP contribution is 2.30. The summed E-state index contributed by atoms with van der Waals surface area (Å²) in [4.78, 5) is 20.3. The number of carbonyl (C=O) groups excluding carboxylic acids is 1. The van der Waals surface area contributed by atoms with Crippen LogP contribution >= 0.6 is 11.3 Å². The summed E-state index contributed by atoms with van der Waals surface area (Å²) in [5.74, 6) is 8.22. The number of anilines is 2. The van der Waals surface area contributed by atoms with Gasteiger partial charge in [-0.3, -0.25) is 14.6 Å². The summed E-state index contributed by atoms with van der Waals surface area (Å²) in [6, 6.07) is 14.8. The van der Waals surface area contributed by atoms with Crippen LogP contribution in [0, 0.1) is 11.8 Å². The number of hydrogen-bond acceptors (Lipinski definition) is 8. The minimum absolute atomic E-state index is 0.191. The Morgan fingerprint density at radius 3 is 2.64 bits per heavy atom. The quantitative estimate of drug-likeness (QED) is 0.251. The number of fused-ring (bicyclic) bond motifs is 3. The van der Waals surface area contributed by atoms with Crippen LogP contribution in [-0.2, 0) is 10.2 Å². The van der Waals surface area contributed by atoms with Crippen LogP contribution in [0.4, 0.5) is 16.3 Å². The van der Waals surface area contributed by atoms with Crippen molar-refractivity contribution in [1.82, 2.24) is 19.4 Å². The van der Waals surface area contributed by atoms with Gasteiger partial charge in [0.15, 0.2) is 10.8 Å². The summed E-state index contributed by atoms with van der Waals surface area (Å²) in [5.41, 5.74) is 3.02. The second-order valence-electron chi connectivity index (χ2n) is 11.0. The number of imidazole rings is 1. The number of nitrogens with one attached hydrogen (secondary N) is 2. The van der Waals surface area contributed by atoms with Crippen LogP contribution in [0.2, 0.25) is 0 Å². The Morgan fingerprint density at radius 1 is 1.07 bits per heavy atom. The molecule has 10 nitrogen and oxygen atoms in total. The van der Waals surface area contributed by atoms with Gasteiger partial charge in [0.1, 0.15) is 23.8 Å². The molecule has 0 atom stereocenters. The molecule has 5 aromatic rings. The molecule has 2 N–H and O–H groups in total. The van der Waals surface area contributed by atoms with Crippen LogP contribution < -0.4 is 15.4 Å². The first-order valence-electron chi connectivity index (χ1n) is 13.8. The van der Waals surface area contributed by atoms with Crippen molar-refractivity contribution in [2.45, 2.75) is 26.2 Å². The second kappa shape index (κ2) is 11.9. The van der Waals surface area contributed by atoms with Crippen molar-refractivity contribution in [2.75, 3.05) is 50.1 Å². The molecule has 0 spiro atoms.